The summed E-state index contributed by atoms with van der Waals surface area (Å²) in [5.41, 5.74) is -0.932. The van der Waals surface area contributed by atoms with Crippen molar-refractivity contribution in [2.24, 2.45) is 12.2 Å². The van der Waals surface area contributed by atoms with Crippen LogP contribution in [0.25, 0.3) is 10.9 Å². The molecular weight excluding hydrogens is 261 g/mol. The van der Waals surface area contributed by atoms with E-state index in [0.717, 1.165) is 0 Å². The Bertz CT molecular complexity index is 644. The normalized spacial score (nSPS) is 13.0. The molecule has 0 saturated heterocycles. The first-order valence-electron chi connectivity index (χ1n) is 5.31. The third kappa shape index (κ3) is 2.23. The van der Waals surface area contributed by atoms with E-state index >= 15 is 0 Å². The van der Waals surface area contributed by atoms with Gasteiger partial charge in [0, 0.05) is 29.7 Å². The van der Waals surface area contributed by atoms with Crippen molar-refractivity contribution in [3.05, 3.63) is 30.0 Å². The van der Waals surface area contributed by atoms with Crippen LogP contribution >= 0.6 is 0 Å². The summed E-state index contributed by atoms with van der Waals surface area (Å²) >= 11 is 0. The molecule has 0 amide bonds. The number of halogens is 3. The van der Waals surface area contributed by atoms with Crippen LogP contribution < -0.4 is 4.74 Å². The molecule has 0 radical (unpaired) electrons. The van der Waals surface area contributed by atoms with Gasteiger partial charge in [-0.1, -0.05) is 5.16 Å². The third-order valence-corrected chi connectivity index (χ3v) is 2.82. The molecule has 1 aromatic heterocycles. The number of benzene rings is 1. The van der Waals surface area contributed by atoms with E-state index in [1.807, 2.05) is 0 Å². The van der Waals surface area contributed by atoms with Crippen LogP contribution in [0.4, 0.5) is 13.2 Å². The number of aryl methyl sites for hydroxylation is 1. The second-order valence-electron chi connectivity index (χ2n) is 3.98. The third-order valence-electron chi connectivity index (χ3n) is 2.82. The number of rotatable bonds is 2. The summed E-state index contributed by atoms with van der Waals surface area (Å²) in [5, 5.41) is 11.3. The Morgan fingerprint density at radius 3 is 2.58 bits per heavy atom. The minimum absolute atomic E-state index is 0.189. The number of alkyl halides is 3. The maximum Gasteiger partial charge on any atom is 0.437 e. The van der Waals surface area contributed by atoms with Gasteiger partial charge in [-0.25, -0.2) is 0 Å². The lowest BCUT2D eigenvalue weighted by Crippen LogP contribution is -2.23. The van der Waals surface area contributed by atoms with E-state index in [0.29, 0.717) is 16.7 Å². The molecule has 0 spiro atoms. The molecule has 0 atom stereocenters. The van der Waals surface area contributed by atoms with Gasteiger partial charge >= 0.3 is 6.18 Å². The van der Waals surface area contributed by atoms with Gasteiger partial charge in [-0.3, -0.25) is 0 Å². The van der Waals surface area contributed by atoms with Gasteiger partial charge in [0.2, 0.25) is 0 Å². The van der Waals surface area contributed by atoms with Crippen molar-refractivity contribution in [2.75, 3.05) is 7.11 Å². The minimum atomic E-state index is -4.73. The summed E-state index contributed by atoms with van der Waals surface area (Å²) < 4.78 is 44.9. The first kappa shape index (κ1) is 13.3. The van der Waals surface area contributed by atoms with Crippen LogP contribution in [0.5, 0.6) is 5.75 Å². The fraction of sp³-hybridized carbons (Fsp3) is 0.250. The Morgan fingerprint density at radius 1 is 1.37 bits per heavy atom. The molecule has 0 aliphatic carbocycles. The smallest absolute Gasteiger partial charge is 0.437 e. The molecule has 0 unspecified atom stereocenters. The molecular formula is C12H11F3N2O2. The summed E-state index contributed by atoms with van der Waals surface area (Å²) in [5.74, 6) is 0.430. The van der Waals surface area contributed by atoms with Gasteiger partial charge in [-0.2, -0.15) is 13.2 Å². The van der Waals surface area contributed by atoms with E-state index in [4.69, 9.17) is 9.94 Å². The van der Waals surface area contributed by atoms with Crippen LogP contribution in [-0.4, -0.2) is 28.8 Å². The number of hydrogen-bond acceptors (Lipinski definition) is 3. The molecule has 19 heavy (non-hydrogen) atoms. The molecule has 7 heteroatoms. The first-order valence-corrected chi connectivity index (χ1v) is 5.31. The van der Waals surface area contributed by atoms with Gasteiger partial charge in [0.25, 0.3) is 0 Å². The molecule has 1 aromatic carbocycles. The molecule has 2 aromatic rings. The molecule has 0 aliphatic rings. The van der Waals surface area contributed by atoms with Gasteiger partial charge < -0.3 is 14.5 Å². The monoisotopic (exact) mass is 272 g/mol. The molecule has 1 N–H and O–H groups in total. The van der Waals surface area contributed by atoms with Crippen molar-refractivity contribution >= 4 is 16.6 Å². The molecule has 0 saturated carbocycles. The first-order chi connectivity index (χ1) is 8.88. The highest BCUT2D eigenvalue weighted by atomic mass is 19.4. The Hall–Kier alpha value is -2.18. The standard InChI is InChI=1S/C12H11F3N2O2/c1-17-6-9(11(16-18)12(13,14)15)8-5-7(19-2)3-4-10(8)17/h3-6,18H,1-2H3/b16-11+. The lowest BCUT2D eigenvalue weighted by molar-refractivity contribution is -0.0600. The van der Waals surface area contributed by atoms with E-state index in [9.17, 15) is 13.2 Å². The van der Waals surface area contributed by atoms with Gasteiger partial charge in [0.05, 0.1) is 7.11 Å². The van der Waals surface area contributed by atoms with E-state index in [-0.39, 0.29) is 5.56 Å². The number of hydrogen-bond donors (Lipinski definition) is 1. The summed E-state index contributed by atoms with van der Waals surface area (Å²) in [6, 6.07) is 4.76. The van der Waals surface area contributed by atoms with Crippen molar-refractivity contribution in [1.82, 2.24) is 4.57 Å². The van der Waals surface area contributed by atoms with Crippen LogP contribution in [-0.2, 0) is 7.05 Å². The lowest BCUT2D eigenvalue weighted by atomic mass is 10.1. The van der Waals surface area contributed by atoms with Crippen LogP contribution in [0.2, 0.25) is 0 Å². The zero-order valence-electron chi connectivity index (χ0n) is 10.2. The molecule has 0 bridgehead atoms. The van der Waals surface area contributed by atoms with Crippen molar-refractivity contribution < 1.29 is 23.1 Å². The second kappa shape index (κ2) is 4.49. The number of oxime groups is 1. The van der Waals surface area contributed by atoms with Crippen LogP contribution in [0, 0.1) is 0 Å². The molecule has 102 valence electrons. The predicted molar refractivity (Wildman–Crippen MR) is 63.8 cm³/mol. The Kier molecular flexibility index (Phi) is 3.13. The fourth-order valence-electron chi connectivity index (χ4n) is 1.95. The summed E-state index contributed by atoms with van der Waals surface area (Å²) in [6.45, 7) is 0. The quantitative estimate of drug-likeness (QED) is 0.519. The number of ether oxygens (including phenoxy) is 1. The average Bonchev–Trinajstić information content (AvgIpc) is 2.65. The summed E-state index contributed by atoms with van der Waals surface area (Å²) in [7, 11) is 3.04. The molecule has 1 heterocycles. The number of aromatic nitrogens is 1. The maximum absolute atomic E-state index is 12.8. The molecule has 0 aliphatic heterocycles. The Balaban J connectivity index is 2.73. The van der Waals surface area contributed by atoms with Crippen molar-refractivity contribution in [2.45, 2.75) is 6.18 Å². The van der Waals surface area contributed by atoms with Crippen molar-refractivity contribution in [3.8, 4) is 5.75 Å². The maximum atomic E-state index is 12.8. The zero-order chi connectivity index (χ0) is 14.2. The second-order valence-corrected chi connectivity index (χ2v) is 3.98. The SMILES string of the molecule is COc1ccc2c(c1)c(/C(=N\O)C(F)(F)F)cn2C. The largest absolute Gasteiger partial charge is 0.497 e. The van der Waals surface area contributed by atoms with Crippen LogP contribution in [0.1, 0.15) is 5.56 Å². The lowest BCUT2D eigenvalue weighted by Gasteiger charge is -2.07. The van der Waals surface area contributed by atoms with Gasteiger partial charge in [-0.05, 0) is 18.2 Å². The summed E-state index contributed by atoms with van der Waals surface area (Å²) in [6.07, 6.45) is -3.46. The molecule has 0 fully saturated rings. The average molecular weight is 272 g/mol. The highest BCUT2D eigenvalue weighted by Crippen LogP contribution is 2.30. The fourth-order valence-corrected chi connectivity index (χ4v) is 1.95. The molecule has 4 nitrogen and oxygen atoms in total. The Labute approximate surface area is 106 Å². The topological polar surface area (TPSA) is 46.8 Å². The van der Waals surface area contributed by atoms with E-state index < -0.39 is 11.9 Å². The minimum Gasteiger partial charge on any atom is -0.497 e. The van der Waals surface area contributed by atoms with Gasteiger partial charge in [-0.15, -0.1) is 0 Å². The zero-order valence-corrected chi connectivity index (χ0v) is 10.2. The van der Waals surface area contributed by atoms with Crippen molar-refractivity contribution in [1.29, 1.82) is 0 Å². The van der Waals surface area contributed by atoms with Crippen LogP contribution in [0.3, 0.4) is 0 Å². The van der Waals surface area contributed by atoms with Gasteiger partial charge in [0.1, 0.15) is 5.75 Å². The number of fused-ring (bicyclic) bond motifs is 1. The van der Waals surface area contributed by atoms with E-state index in [1.54, 1.807) is 19.2 Å². The van der Waals surface area contributed by atoms with Gasteiger partial charge in [0.15, 0.2) is 5.71 Å². The van der Waals surface area contributed by atoms with Crippen molar-refractivity contribution in [3.63, 3.8) is 0 Å². The summed E-state index contributed by atoms with van der Waals surface area (Å²) in [4.78, 5) is 0. The number of methoxy groups -OCH3 is 1. The van der Waals surface area contributed by atoms with E-state index in [1.165, 1.54) is 23.9 Å². The highest BCUT2D eigenvalue weighted by molar-refractivity contribution is 6.13. The van der Waals surface area contributed by atoms with E-state index in [2.05, 4.69) is 5.16 Å². The highest BCUT2D eigenvalue weighted by Gasteiger charge is 2.39. The molecule has 2 rings (SSSR count). The van der Waals surface area contributed by atoms with Crippen LogP contribution in [0.15, 0.2) is 29.6 Å². The number of nitrogens with zero attached hydrogens (tertiary/aromatic N) is 2. The predicted octanol–water partition coefficient (Wildman–Crippen LogP) is 2.93. The Morgan fingerprint density at radius 2 is 2.05 bits per heavy atom.